The molecule has 7 heteroatoms. The van der Waals surface area contributed by atoms with Gasteiger partial charge >= 0.3 is 0 Å². The summed E-state index contributed by atoms with van der Waals surface area (Å²) in [4.78, 5) is 17.7. The third-order valence-corrected chi connectivity index (χ3v) is 8.47. The summed E-state index contributed by atoms with van der Waals surface area (Å²) in [7, 11) is -3.61. The van der Waals surface area contributed by atoms with Crippen LogP contribution in [-0.4, -0.2) is 63.4 Å². The molecule has 2 aliphatic heterocycles. The average Bonchev–Trinajstić information content (AvgIpc) is 3.34. The second kappa shape index (κ2) is 10.1. The van der Waals surface area contributed by atoms with Crippen LogP contribution in [0.4, 0.5) is 5.69 Å². The number of amides is 1. The SMILES string of the molecule is O=C(c1ccc2c(c1)CCN2S(=O)(=O)c1ccccc1)N1CCN(CC=Cc2ccccc2)CC1. The quantitative estimate of drug-likeness (QED) is 0.529. The van der Waals surface area contributed by atoms with Crippen molar-refractivity contribution in [3.63, 3.8) is 0 Å². The number of sulfonamides is 1. The lowest BCUT2D eigenvalue weighted by Gasteiger charge is -2.34. The van der Waals surface area contributed by atoms with Crippen molar-refractivity contribution in [2.24, 2.45) is 0 Å². The third kappa shape index (κ3) is 5.01. The van der Waals surface area contributed by atoms with Gasteiger partial charge in [-0.05, 0) is 47.9 Å². The van der Waals surface area contributed by atoms with Crippen molar-refractivity contribution in [2.45, 2.75) is 11.3 Å². The Balaban J connectivity index is 1.20. The molecule has 1 amide bonds. The van der Waals surface area contributed by atoms with Gasteiger partial charge in [-0.1, -0.05) is 60.7 Å². The Labute approximate surface area is 207 Å². The molecule has 0 bridgehead atoms. The van der Waals surface area contributed by atoms with E-state index in [0.29, 0.717) is 37.3 Å². The Hall–Kier alpha value is -3.42. The minimum atomic E-state index is -3.61. The molecular weight excluding hydrogens is 458 g/mol. The van der Waals surface area contributed by atoms with Gasteiger partial charge in [0.1, 0.15) is 0 Å². The number of piperazine rings is 1. The smallest absolute Gasteiger partial charge is 0.264 e. The predicted molar refractivity (Wildman–Crippen MR) is 139 cm³/mol. The maximum absolute atomic E-state index is 13.2. The van der Waals surface area contributed by atoms with Crippen LogP contribution in [0.15, 0.2) is 89.8 Å². The molecule has 3 aromatic carbocycles. The van der Waals surface area contributed by atoms with Gasteiger partial charge in [-0.3, -0.25) is 14.0 Å². The number of anilines is 1. The largest absolute Gasteiger partial charge is 0.336 e. The molecule has 0 saturated carbocycles. The first-order chi connectivity index (χ1) is 17.0. The van der Waals surface area contributed by atoms with E-state index in [1.54, 1.807) is 42.5 Å². The van der Waals surface area contributed by atoms with E-state index >= 15 is 0 Å². The van der Waals surface area contributed by atoms with Gasteiger partial charge in [0.05, 0.1) is 10.6 Å². The molecule has 3 aromatic rings. The lowest BCUT2D eigenvalue weighted by molar-refractivity contribution is 0.0650. The van der Waals surface area contributed by atoms with Gasteiger partial charge in [-0.2, -0.15) is 0 Å². The van der Waals surface area contributed by atoms with Crippen molar-refractivity contribution in [2.75, 3.05) is 43.6 Å². The number of fused-ring (bicyclic) bond motifs is 1. The molecule has 5 rings (SSSR count). The van der Waals surface area contributed by atoms with Crippen molar-refractivity contribution in [1.29, 1.82) is 0 Å². The van der Waals surface area contributed by atoms with E-state index in [-0.39, 0.29) is 10.8 Å². The van der Waals surface area contributed by atoms with Crippen LogP contribution in [0, 0.1) is 0 Å². The van der Waals surface area contributed by atoms with Crippen LogP contribution >= 0.6 is 0 Å². The van der Waals surface area contributed by atoms with E-state index in [0.717, 1.165) is 25.2 Å². The number of hydrogen-bond donors (Lipinski definition) is 0. The van der Waals surface area contributed by atoms with Crippen LogP contribution in [-0.2, 0) is 16.4 Å². The van der Waals surface area contributed by atoms with Crippen LogP contribution < -0.4 is 4.31 Å². The molecule has 0 radical (unpaired) electrons. The first-order valence-corrected chi connectivity index (χ1v) is 13.4. The molecule has 0 N–H and O–H groups in total. The van der Waals surface area contributed by atoms with E-state index in [1.807, 2.05) is 29.2 Å². The van der Waals surface area contributed by atoms with Crippen molar-refractivity contribution in [1.82, 2.24) is 9.80 Å². The summed E-state index contributed by atoms with van der Waals surface area (Å²) in [5.74, 6) is 0.0108. The van der Waals surface area contributed by atoms with Crippen LogP contribution in [0.2, 0.25) is 0 Å². The third-order valence-electron chi connectivity index (χ3n) is 6.64. The molecule has 0 aromatic heterocycles. The van der Waals surface area contributed by atoms with Gasteiger partial charge < -0.3 is 4.90 Å². The Morgan fingerprint density at radius 1 is 0.829 bits per heavy atom. The average molecular weight is 488 g/mol. The second-order valence-electron chi connectivity index (χ2n) is 8.89. The maximum atomic E-state index is 13.2. The number of carbonyl (C=O) groups excluding carboxylic acids is 1. The lowest BCUT2D eigenvalue weighted by atomic mass is 10.1. The van der Waals surface area contributed by atoms with Crippen molar-refractivity contribution < 1.29 is 13.2 Å². The number of nitrogens with zero attached hydrogens (tertiary/aromatic N) is 3. The maximum Gasteiger partial charge on any atom is 0.264 e. The fraction of sp³-hybridized carbons (Fsp3) is 0.250. The molecular formula is C28H29N3O3S. The first kappa shape index (κ1) is 23.3. The lowest BCUT2D eigenvalue weighted by Crippen LogP contribution is -2.48. The molecule has 1 saturated heterocycles. The highest BCUT2D eigenvalue weighted by atomic mass is 32.2. The summed E-state index contributed by atoms with van der Waals surface area (Å²) in [5, 5.41) is 0. The molecule has 180 valence electrons. The van der Waals surface area contributed by atoms with E-state index in [1.165, 1.54) is 9.87 Å². The summed E-state index contributed by atoms with van der Waals surface area (Å²) in [6.07, 6.45) is 4.90. The zero-order valence-electron chi connectivity index (χ0n) is 19.6. The molecule has 6 nitrogen and oxygen atoms in total. The molecule has 2 aliphatic rings. The number of hydrogen-bond acceptors (Lipinski definition) is 4. The highest BCUT2D eigenvalue weighted by molar-refractivity contribution is 7.92. The molecule has 35 heavy (non-hydrogen) atoms. The number of rotatable bonds is 6. The summed E-state index contributed by atoms with van der Waals surface area (Å²) >= 11 is 0. The van der Waals surface area contributed by atoms with Crippen LogP contribution in [0.3, 0.4) is 0 Å². The highest BCUT2D eigenvalue weighted by Gasteiger charge is 2.31. The highest BCUT2D eigenvalue weighted by Crippen LogP contribution is 2.33. The summed E-state index contributed by atoms with van der Waals surface area (Å²) in [6.45, 7) is 4.28. The summed E-state index contributed by atoms with van der Waals surface area (Å²) in [6, 6.07) is 24.1. The Morgan fingerprint density at radius 2 is 1.51 bits per heavy atom. The predicted octanol–water partition coefficient (Wildman–Crippen LogP) is 3.91. The van der Waals surface area contributed by atoms with Crippen LogP contribution in [0.25, 0.3) is 6.08 Å². The molecule has 0 spiro atoms. The zero-order chi connectivity index (χ0) is 24.3. The second-order valence-corrected chi connectivity index (χ2v) is 10.8. The Kier molecular flexibility index (Phi) is 6.70. The monoisotopic (exact) mass is 487 g/mol. The van der Waals surface area contributed by atoms with Crippen molar-refractivity contribution >= 4 is 27.7 Å². The molecule has 1 fully saturated rings. The van der Waals surface area contributed by atoms with Gasteiger partial charge in [0.2, 0.25) is 0 Å². The minimum Gasteiger partial charge on any atom is -0.336 e. The van der Waals surface area contributed by atoms with Gasteiger partial charge in [0.15, 0.2) is 0 Å². The molecule has 0 atom stereocenters. The van der Waals surface area contributed by atoms with Gasteiger partial charge in [-0.25, -0.2) is 8.42 Å². The Morgan fingerprint density at radius 3 is 2.23 bits per heavy atom. The van der Waals surface area contributed by atoms with Gasteiger partial charge in [-0.15, -0.1) is 0 Å². The molecule has 0 unspecified atom stereocenters. The van der Waals surface area contributed by atoms with Gasteiger partial charge in [0, 0.05) is 44.8 Å². The topological polar surface area (TPSA) is 60.9 Å². The Bertz CT molecular complexity index is 1320. The van der Waals surface area contributed by atoms with Crippen LogP contribution in [0.1, 0.15) is 21.5 Å². The van der Waals surface area contributed by atoms with Gasteiger partial charge in [0.25, 0.3) is 15.9 Å². The first-order valence-electron chi connectivity index (χ1n) is 12.0. The number of benzene rings is 3. The number of carbonyl (C=O) groups is 1. The van der Waals surface area contributed by atoms with E-state index in [2.05, 4.69) is 29.2 Å². The summed E-state index contributed by atoms with van der Waals surface area (Å²) in [5.41, 5.74) is 3.38. The van der Waals surface area contributed by atoms with Crippen molar-refractivity contribution in [3.8, 4) is 0 Å². The van der Waals surface area contributed by atoms with E-state index < -0.39 is 10.0 Å². The fourth-order valence-electron chi connectivity index (χ4n) is 4.69. The van der Waals surface area contributed by atoms with E-state index in [9.17, 15) is 13.2 Å². The van der Waals surface area contributed by atoms with Crippen molar-refractivity contribution in [3.05, 3.63) is 102 Å². The minimum absolute atomic E-state index is 0.0108. The molecule has 0 aliphatic carbocycles. The molecule has 2 heterocycles. The van der Waals surface area contributed by atoms with E-state index in [4.69, 9.17) is 0 Å². The van der Waals surface area contributed by atoms with Crippen LogP contribution in [0.5, 0.6) is 0 Å². The normalized spacial score (nSPS) is 16.6. The zero-order valence-corrected chi connectivity index (χ0v) is 20.4. The fourth-order valence-corrected chi connectivity index (χ4v) is 6.22. The summed E-state index contributed by atoms with van der Waals surface area (Å²) < 4.78 is 27.6. The standard InChI is InChI=1S/C28H29N3O3S/c32-28(30-20-18-29(19-21-30)16-7-10-23-8-3-1-4-9-23)25-13-14-27-24(22-25)15-17-31(27)35(33,34)26-11-5-2-6-12-26/h1-14,22H,15-21H2.